The Balaban J connectivity index is 1.52. The normalized spacial score (nSPS) is 18.9. The molecule has 13 heteroatoms. The van der Waals surface area contributed by atoms with Crippen LogP contribution in [-0.4, -0.2) is 65.6 Å². The van der Waals surface area contributed by atoms with Crippen LogP contribution in [0.3, 0.4) is 0 Å². The van der Waals surface area contributed by atoms with Gasteiger partial charge < -0.3 is 15.4 Å². The van der Waals surface area contributed by atoms with Crippen molar-refractivity contribution < 1.29 is 32.3 Å². The number of aromatic nitrogens is 1. The van der Waals surface area contributed by atoms with Crippen LogP contribution in [0.2, 0.25) is 0 Å². The van der Waals surface area contributed by atoms with Gasteiger partial charge in [0.15, 0.2) is 5.92 Å². The molecule has 36 heavy (non-hydrogen) atoms. The molecule has 0 saturated carbocycles. The number of hydrogen-bond acceptors (Lipinski definition) is 7. The quantitative estimate of drug-likeness (QED) is 0.575. The first kappa shape index (κ1) is 26.0. The number of carbonyl (C=O) groups excluding carboxylic acids is 3. The molecule has 4 rings (SSSR count). The Labute approximate surface area is 209 Å². The predicted molar refractivity (Wildman–Crippen MR) is 124 cm³/mol. The van der Waals surface area contributed by atoms with Crippen molar-refractivity contribution in [2.75, 3.05) is 26.7 Å². The van der Waals surface area contributed by atoms with Crippen molar-refractivity contribution in [1.29, 1.82) is 0 Å². The number of thiazole rings is 1. The lowest BCUT2D eigenvalue weighted by Crippen LogP contribution is -2.50. The molecule has 2 aliphatic rings. The molecule has 2 N–H and O–H groups in total. The maximum atomic E-state index is 13.9. The predicted octanol–water partition coefficient (Wildman–Crippen LogP) is 2.33. The lowest BCUT2D eigenvalue weighted by molar-refractivity contribution is -0.182. The summed E-state index contributed by atoms with van der Waals surface area (Å²) in [6.07, 6.45) is -4.22. The number of halogens is 3. The molecule has 0 bridgehead atoms. The van der Waals surface area contributed by atoms with Gasteiger partial charge in [-0.25, -0.2) is 9.99 Å². The highest BCUT2D eigenvalue weighted by Gasteiger charge is 2.47. The highest BCUT2D eigenvalue weighted by molar-refractivity contribution is 7.13. The SMILES string of the molecule is COCc1nc(C)c(C(=O)NCC(C(=O)N[C@@H]2C(=O)N3CCCN3Cc3ccccc32)C(F)(F)F)s1. The van der Waals surface area contributed by atoms with Gasteiger partial charge in [-0.1, -0.05) is 24.3 Å². The molecule has 1 fully saturated rings. The van der Waals surface area contributed by atoms with Gasteiger partial charge in [-0.05, 0) is 24.5 Å². The van der Waals surface area contributed by atoms with Crippen LogP contribution in [-0.2, 0) is 27.5 Å². The molecule has 0 aliphatic carbocycles. The minimum atomic E-state index is -4.95. The average molecular weight is 526 g/mol. The van der Waals surface area contributed by atoms with Crippen LogP contribution in [0.1, 0.15) is 44.0 Å². The molecule has 2 atom stereocenters. The van der Waals surface area contributed by atoms with Gasteiger partial charge in [-0.3, -0.25) is 19.4 Å². The van der Waals surface area contributed by atoms with E-state index in [-0.39, 0.29) is 11.5 Å². The van der Waals surface area contributed by atoms with Crippen LogP contribution in [0.5, 0.6) is 0 Å². The number of hydrogen-bond donors (Lipinski definition) is 2. The van der Waals surface area contributed by atoms with Crippen molar-refractivity contribution >= 4 is 29.1 Å². The third-order valence-corrected chi connectivity index (χ3v) is 7.26. The summed E-state index contributed by atoms with van der Waals surface area (Å²) in [6.45, 7) is 2.24. The molecule has 3 amide bonds. The van der Waals surface area contributed by atoms with Gasteiger partial charge in [0.2, 0.25) is 5.91 Å². The Morgan fingerprint density at radius 1 is 1.28 bits per heavy atom. The summed E-state index contributed by atoms with van der Waals surface area (Å²) in [7, 11) is 1.46. The summed E-state index contributed by atoms with van der Waals surface area (Å²) in [5, 5.41) is 8.36. The summed E-state index contributed by atoms with van der Waals surface area (Å²) >= 11 is 1.01. The van der Waals surface area contributed by atoms with E-state index in [2.05, 4.69) is 15.6 Å². The molecule has 1 saturated heterocycles. The molecular formula is C23H26F3N5O4S. The molecule has 0 spiro atoms. The van der Waals surface area contributed by atoms with Crippen molar-refractivity contribution in [3.63, 3.8) is 0 Å². The van der Waals surface area contributed by atoms with Crippen LogP contribution in [0.4, 0.5) is 13.2 Å². The summed E-state index contributed by atoms with van der Waals surface area (Å²) in [5.74, 6) is -5.18. The number of methoxy groups -OCH3 is 1. The van der Waals surface area contributed by atoms with Crippen LogP contribution in [0, 0.1) is 12.8 Å². The second-order valence-electron chi connectivity index (χ2n) is 8.60. The highest BCUT2D eigenvalue weighted by Crippen LogP contribution is 2.32. The Morgan fingerprint density at radius 3 is 2.75 bits per heavy atom. The first-order chi connectivity index (χ1) is 17.1. The highest BCUT2D eigenvalue weighted by atomic mass is 32.1. The minimum absolute atomic E-state index is 0.144. The van der Waals surface area contributed by atoms with Crippen molar-refractivity contribution in [1.82, 2.24) is 25.6 Å². The van der Waals surface area contributed by atoms with E-state index in [4.69, 9.17) is 4.74 Å². The largest absolute Gasteiger partial charge is 0.402 e. The molecule has 1 unspecified atom stereocenters. The van der Waals surface area contributed by atoms with E-state index in [1.165, 1.54) is 12.1 Å². The van der Waals surface area contributed by atoms with Crippen LogP contribution < -0.4 is 10.6 Å². The standard InChI is InChI=1S/C23H26F3N5O4S/c1-13-19(36-17(28-13)12-35-2)21(33)27-10-16(23(24,25)26)20(32)29-18-15-7-4-3-6-14(15)11-30-8-5-9-31(30)22(18)34/h3-4,6-7,16,18H,5,8-12H2,1-2H3,(H,27,33)(H,29,32)/t16?,18-/m0/s1. The number of aryl methyl sites for hydroxylation is 1. The lowest BCUT2D eigenvalue weighted by atomic mass is 9.98. The van der Waals surface area contributed by atoms with Gasteiger partial charge in [0, 0.05) is 33.3 Å². The van der Waals surface area contributed by atoms with Crippen molar-refractivity contribution in [3.05, 3.63) is 51.0 Å². The molecule has 2 aliphatic heterocycles. The zero-order valence-electron chi connectivity index (χ0n) is 19.7. The number of amides is 3. The third-order valence-electron chi connectivity index (χ3n) is 6.13. The Kier molecular flexibility index (Phi) is 7.62. The second kappa shape index (κ2) is 10.5. The Bertz CT molecular complexity index is 1160. The van der Waals surface area contributed by atoms with E-state index >= 15 is 0 Å². The van der Waals surface area contributed by atoms with Crippen LogP contribution in [0.25, 0.3) is 0 Å². The fraction of sp³-hybridized carbons (Fsp3) is 0.478. The summed E-state index contributed by atoms with van der Waals surface area (Å²) in [6, 6.07) is 5.61. The number of nitrogens with zero attached hydrogens (tertiary/aromatic N) is 3. The fourth-order valence-corrected chi connectivity index (χ4v) is 5.33. The molecule has 9 nitrogen and oxygen atoms in total. The zero-order chi connectivity index (χ0) is 26.0. The zero-order valence-corrected chi connectivity index (χ0v) is 20.5. The minimum Gasteiger partial charge on any atom is -0.378 e. The number of fused-ring (bicyclic) bond motifs is 2. The van der Waals surface area contributed by atoms with Gasteiger partial charge in [-0.15, -0.1) is 11.3 Å². The maximum Gasteiger partial charge on any atom is 0.402 e. The average Bonchev–Trinajstić information content (AvgIpc) is 3.40. The summed E-state index contributed by atoms with van der Waals surface area (Å²) in [5.41, 5.74) is 1.57. The first-order valence-electron chi connectivity index (χ1n) is 11.3. The number of rotatable bonds is 7. The van der Waals surface area contributed by atoms with Crippen molar-refractivity contribution in [3.8, 4) is 0 Å². The monoisotopic (exact) mass is 525 g/mol. The van der Waals surface area contributed by atoms with E-state index in [1.807, 2.05) is 5.01 Å². The van der Waals surface area contributed by atoms with E-state index in [0.29, 0.717) is 35.9 Å². The van der Waals surface area contributed by atoms with Crippen molar-refractivity contribution in [2.24, 2.45) is 5.92 Å². The molecule has 3 heterocycles. The number of nitrogens with one attached hydrogen (secondary N) is 2. The molecule has 194 valence electrons. The van der Waals surface area contributed by atoms with Crippen molar-refractivity contribution in [2.45, 2.75) is 38.7 Å². The molecule has 1 aromatic carbocycles. The van der Waals surface area contributed by atoms with E-state index in [9.17, 15) is 27.6 Å². The van der Waals surface area contributed by atoms with Gasteiger partial charge in [0.1, 0.15) is 15.9 Å². The summed E-state index contributed by atoms with van der Waals surface area (Å²) < 4.78 is 46.7. The van der Waals surface area contributed by atoms with E-state index in [1.54, 1.807) is 31.2 Å². The van der Waals surface area contributed by atoms with Gasteiger partial charge in [0.05, 0.1) is 12.3 Å². The number of ether oxygens (including phenoxy) is 1. The first-order valence-corrected chi connectivity index (χ1v) is 12.2. The number of carbonyl (C=O) groups is 3. The molecular weight excluding hydrogens is 499 g/mol. The number of alkyl halides is 3. The maximum absolute atomic E-state index is 13.9. The van der Waals surface area contributed by atoms with Crippen LogP contribution >= 0.6 is 11.3 Å². The Morgan fingerprint density at radius 2 is 2.03 bits per heavy atom. The van der Waals surface area contributed by atoms with Gasteiger partial charge in [-0.2, -0.15) is 13.2 Å². The fourth-order valence-electron chi connectivity index (χ4n) is 4.38. The van der Waals surface area contributed by atoms with Gasteiger partial charge >= 0.3 is 6.18 Å². The van der Waals surface area contributed by atoms with Crippen LogP contribution in [0.15, 0.2) is 24.3 Å². The van der Waals surface area contributed by atoms with E-state index in [0.717, 1.165) is 23.3 Å². The smallest absolute Gasteiger partial charge is 0.378 e. The molecule has 2 aromatic rings. The topological polar surface area (TPSA) is 104 Å². The Hall–Kier alpha value is -3.03. The third kappa shape index (κ3) is 5.37. The second-order valence-corrected chi connectivity index (χ2v) is 9.69. The van der Waals surface area contributed by atoms with Gasteiger partial charge in [0.25, 0.3) is 11.8 Å². The number of hydrazine groups is 1. The molecule has 0 radical (unpaired) electrons. The molecule has 1 aromatic heterocycles. The lowest BCUT2D eigenvalue weighted by Gasteiger charge is -2.28. The number of benzene rings is 1. The summed E-state index contributed by atoms with van der Waals surface area (Å²) in [4.78, 5) is 43.0. The van der Waals surface area contributed by atoms with E-state index < -0.39 is 42.4 Å².